The summed E-state index contributed by atoms with van der Waals surface area (Å²) in [4.78, 5) is 16.6. The quantitative estimate of drug-likeness (QED) is 0.384. The molecule has 0 aliphatic rings. The standard InChI is InChI=1S/C5H7N5O/c6-1-2-3(7)4(11)10-5(8)9-2/h1,6H,7H2,(H3,8,9,10,11). The molecule has 6 nitrogen and oxygen atoms in total. The first-order valence-electron chi connectivity index (χ1n) is 2.81. The topological polar surface area (TPSA) is 122 Å². The van der Waals surface area contributed by atoms with Crippen LogP contribution < -0.4 is 17.0 Å². The lowest BCUT2D eigenvalue weighted by Crippen LogP contribution is -2.18. The van der Waals surface area contributed by atoms with E-state index in [0.29, 0.717) is 0 Å². The van der Waals surface area contributed by atoms with E-state index in [1.54, 1.807) is 0 Å². The number of anilines is 2. The highest BCUT2D eigenvalue weighted by molar-refractivity contribution is 5.81. The molecule has 0 bridgehead atoms. The van der Waals surface area contributed by atoms with Crippen LogP contribution in [0, 0.1) is 5.41 Å². The van der Waals surface area contributed by atoms with Gasteiger partial charge in [0.15, 0.2) is 0 Å². The van der Waals surface area contributed by atoms with E-state index in [2.05, 4.69) is 9.97 Å². The van der Waals surface area contributed by atoms with Gasteiger partial charge in [-0.3, -0.25) is 9.78 Å². The number of nitrogen functional groups attached to an aromatic ring is 2. The van der Waals surface area contributed by atoms with Crippen LogP contribution in [-0.2, 0) is 0 Å². The zero-order valence-corrected chi connectivity index (χ0v) is 5.59. The van der Waals surface area contributed by atoms with E-state index in [1.807, 2.05) is 0 Å². The smallest absolute Gasteiger partial charge is 0.276 e. The minimum absolute atomic E-state index is 0.0392. The second-order valence-corrected chi connectivity index (χ2v) is 1.89. The Morgan fingerprint density at radius 3 is 2.73 bits per heavy atom. The summed E-state index contributed by atoms with van der Waals surface area (Å²) in [6.45, 7) is 0. The number of nitrogens with zero attached hydrogens (tertiary/aromatic N) is 1. The van der Waals surface area contributed by atoms with E-state index < -0.39 is 5.56 Å². The molecule has 1 aromatic rings. The van der Waals surface area contributed by atoms with Gasteiger partial charge in [0, 0.05) is 6.21 Å². The van der Waals surface area contributed by atoms with Crippen molar-refractivity contribution in [3.63, 3.8) is 0 Å². The Hall–Kier alpha value is -1.85. The predicted octanol–water partition coefficient (Wildman–Crippen LogP) is -1.07. The summed E-state index contributed by atoms with van der Waals surface area (Å²) in [6.07, 6.45) is 0.876. The summed E-state index contributed by atoms with van der Waals surface area (Å²) in [5.41, 5.74) is 9.91. The van der Waals surface area contributed by atoms with E-state index in [4.69, 9.17) is 16.9 Å². The van der Waals surface area contributed by atoms with Crippen molar-refractivity contribution in [3.05, 3.63) is 16.0 Å². The maximum Gasteiger partial charge on any atom is 0.276 e. The lowest BCUT2D eigenvalue weighted by molar-refractivity contribution is 1.13. The predicted molar refractivity (Wildman–Crippen MR) is 41.6 cm³/mol. The normalized spacial score (nSPS) is 9.45. The van der Waals surface area contributed by atoms with Gasteiger partial charge in [-0.15, -0.1) is 0 Å². The van der Waals surface area contributed by atoms with Gasteiger partial charge in [0.05, 0.1) is 0 Å². The Balaban J connectivity index is 3.48. The van der Waals surface area contributed by atoms with Gasteiger partial charge in [-0.25, -0.2) is 4.98 Å². The first-order valence-corrected chi connectivity index (χ1v) is 2.81. The van der Waals surface area contributed by atoms with Crippen molar-refractivity contribution in [2.75, 3.05) is 11.5 Å². The summed E-state index contributed by atoms with van der Waals surface area (Å²) in [7, 11) is 0. The number of aromatic nitrogens is 2. The minimum Gasteiger partial charge on any atom is -0.392 e. The molecule has 0 saturated carbocycles. The molecule has 58 valence electrons. The lowest BCUT2D eigenvalue weighted by atomic mass is 10.4. The fourth-order valence-electron chi connectivity index (χ4n) is 0.628. The molecular weight excluding hydrogens is 146 g/mol. The molecule has 0 aliphatic heterocycles. The van der Waals surface area contributed by atoms with Gasteiger partial charge in [0.1, 0.15) is 11.4 Å². The molecule has 0 aliphatic carbocycles. The number of H-pyrrole nitrogens is 1. The van der Waals surface area contributed by atoms with E-state index in [-0.39, 0.29) is 17.3 Å². The van der Waals surface area contributed by atoms with Crippen LogP contribution in [0.25, 0.3) is 0 Å². The zero-order valence-electron chi connectivity index (χ0n) is 5.59. The molecule has 6 heteroatoms. The van der Waals surface area contributed by atoms with Crippen molar-refractivity contribution in [1.29, 1.82) is 5.41 Å². The number of rotatable bonds is 1. The Bertz CT molecular complexity index is 341. The van der Waals surface area contributed by atoms with E-state index in [1.165, 1.54) is 0 Å². The molecule has 0 fully saturated rings. The Labute approximate surface area is 61.8 Å². The Morgan fingerprint density at radius 2 is 2.18 bits per heavy atom. The van der Waals surface area contributed by atoms with Crippen molar-refractivity contribution in [3.8, 4) is 0 Å². The van der Waals surface area contributed by atoms with Crippen LogP contribution >= 0.6 is 0 Å². The first kappa shape index (κ1) is 7.26. The molecule has 11 heavy (non-hydrogen) atoms. The van der Waals surface area contributed by atoms with Crippen molar-refractivity contribution in [1.82, 2.24) is 9.97 Å². The number of hydrogen-bond donors (Lipinski definition) is 4. The Morgan fingerprint density at radius 1 is 1.55 bits per heavy atom. The largest absolute Gasteiger partial charge is 0.392 e. The van der Waals surface area contributed by atoms with Gasteiger partial charge in [-0.05, 0) is 0 Å². The maximum atomic E-state index is 10.8. The molecule has 0 spiro atoms. The molecule has 0 atom stereocenters. The van der Waals surface area contributed by atoms with Crippen LogP contribution in [-0.4, -0.2) is 16.2 Å². The highest BCUT2D eigenvalue weighted by atomic mass is 16.1. The third kappa shape index (κ3) is 1.18. The minimum atomic E-state index is -0.518. The number of aromatic amines is 1. The van der Waals surface area contributed by atoms with Gasteiger partial charge in [0.25, 0.3) is 5.56 Å². The fraction of sp³-hybridized carbons (Fsp3) is 0. The van der Waals surface area contributed by atoms with Gasteiger partial charge >= 0.3 is 0 Å². The van der Waals surface area contributed by atoms with Gasteiger partial charge in [0.2, 0.25) is 5.95 Å². The summed E-state index contributed by atoms with van der Waals surface area (Å²) < 4.78 is 0. The lowest BCUT2D eigenvalue weighted by Gasteiger charge is -1.97. The van der Waals surface area contributed by atoms with Crippen molar-refractivity contribution < 1.29 is 0 Å². The zero-order chi connectivity index (χ0) is 8.43. The molecule has 0 saturated heterocycles. The SMILES string of the molecule is N=Cc1nc(N)[nH]c(=O)c1N. The highest BCUT2D eigenvalue weighted by Crippen LogP contribution is 1.98. The number of nitrogens with two attached hydrogens (primary N) is 2. The molecule has 0 amide bonds. The highest BCUT2D eigenvalue weighted by Gasteiger charge is 2.02. The van der Waals surface area contributed by atoms with Crippen LogP contribution in [0.5, 0.6) is 0 Å². The molecule has 1 aromatic heterocycles. The first-order chi connectivity index (χ1) is 5.15. The van der Waals surface area contributed by atoms with Crippen LogP contribution in [0.1, 0.15) is 5.69 Å². The second kappa shape index (κ2) is 2.41. The molecule has 1 rings (SSSR count). The van der Waals surface area contributed by atoms with E-state index in [0.717, 1.165) is 6.21 Å². The molecule has 1 heterocycles. The van der Waals surface area contributed by atoms with Crippen LogP contribution in [0.3, 0.4) is 0 Å². The average molecular weight is 153 g/mol. The van der Waals surface area contributed by atoms with Crippen LogP contribution in [0.2, 0.25) is 0 Å². The molecule has 0 aromatic carbocycles. The summed E-state index contributed by atoms with van der Waals surface area (Å²) in [5.74, 6) is -0.0392. The number of nitrogens with one attached hydrogen (secondary N) is 2. The summed E-state index contributed by atoms with van der Waals surface area (Å²) >= 11 is 0. The van der Waals surface area contributed by atoms with E-state index in [9.17, 15) is 4.79 Å². The molecule has 6 N–H and O–H groups in total. The van der Waals surface area contributed by atoms with Gasteiger partial charge in [-0.2, -0.15) is 0 Å². The Kier molecular flexibility index (Phi) is 1.59. The van der Waals surface area contributed by atoms with Crippen LogP contribution in [0.15, 0.2) is 4.79 Å². The maximum absolute atomic E-state index is 10.8. The van der Waals surface area contributed by atoms with Crippen molar-refractivity contribution in [2.45, 2.75) is 0 Å². The third-order valence-corrected chi connectivity index (χ3v) is 1.14. The van der Waals surface area contributed by atoms with Crippen LogP contribution in [0.4, 0.5) is 11.6 Å². The van der Waals surface area contributed by atoms with Gasteiger partial charge < -0.3 is 16.9 Å². The van der Waals surface area contributed by atoms with E-state index >= 15 is 0 Å². The van der Waals surface area contributed by atoms with Gasteiger partial charge in [-0.1, -0.05) is 0 Å². The molecule has 0 unspecified atom stereocenters. The fourth-order valence-corrected chi connectivity index (χ4v) is 0.628. The number of hydrogen-bond acceptors (Lipinski definition) is 5. The summed E-state index contributed by atoms with van der Waals surface area (Å²) in [6, 6.07) is 0. The monoisotopic (exact) mass is 153 g/mol. The van der Waals surface area contributed by atoms with Crippen molar-refractivity contribution in [2.24, 2.45) is 0 Å². The summed E-state index contributed by atoms with van der Waals surface area (Å²) in [5, 5.41) is 6.80. The third-order valence-electron chi connectivity index (χ3n) is 1.14. The molecular formula is C5H7N5O. The molecule has 0 radical (unpaired) electrons. The second-order valence-electron chi connectivity index (χ2n) is 1.89. The van der Waals surface area contributed by atoms with Crippen molar-refractivity contribution >= 4 is 17.9 Å². The average Bonchev–Trinajstić information content (AvgIpc) is 1.96.